The number of fused-ring (bicyclic) bond motifs is 3. The molecule has 2 radical (unpaired) electrons. The number of methoxy groups -OCH3 is 1. The van der Waals surface area contributed by atoms with Gasteiger partial charge in [0.2, 0.25) is 5.91 Å². The van der Waals surface area contributed by atoms with E-state index in [0.717, 1.165) is 23.4 Å². The van der Waals surface area contributed by atoms with E-state index in [1.165, 1.54) is 5.57 Å². The Morgan fingerprint density at radius 3 is 2.57 bits per heavy atom. The molecule has 1 amide bonds. The molecular formula is C23H24CoNO3. The Kier molecular flexibility index (Phi) is 6.28. The number of piperidine rings is 1. The molecule has 4 aliphatic rings. The fourth-order valence-electron chi connectivity index (χ4n) is 4.63. The third-order valence-electron chi connectivity index (χ3n) is 5.70. The molecule has 1 N–H and O–H groups in total. The number of aliphatic hydroxyl groups excluding tert-OH is 1. The molecule has 4 nitrogen and oxygen atoms in total. The molecule has 0 aromatic heterocycles. The third kappa shape index (κ3) is 3.28. The van der Waals surface area contributed by atoms with Crippen LogP contribution >= 0.6 is 0 Å². The molecular weight excluding hydrogens is 397 g/mol. The van der Waals surface area contributed by atoms with E-state index in [1.54, 1.807) is 7.11 Å². The zero-order valence-corrected chi connectivity index (χ0v) is 16.8. The van der Waals surface area contributed by atoms with E-state index in [1.807, 2.05) is 53.8 Å². The van der Waals surface area contributed by atoms with Crippen LogP contribution in [-0.2, 0) is 31.7 Å². The summed E-state index contributed by atoms with van der Waals surface area (Å²) in [6.45, 7) is 0.0770. The summed E-state index contributed by atoms with van der Waals surface area (Å²) in [5.74, 6) is 0.995. The maximum Gasteiger partial charge on any atom is 0.227 e. The van der Waals surface area contributed by atoms with Crippen LogP contribution < -0.4 is 4.90 Å². The molecule has 28 heavy (non-hydrogen) atoms. The molecule has 2 atom stereocenters. The van der Waals surface area contributed by atoms with Crippen molar-refractivity contribution in [1.29, 1.82) is 0 Å². The maximum absolute atomic E-state index is 12.6. The van der Waals surface area contributed by atoms with Crippen molar-refractivity contribution >= 4 is 11.6 Å². The number of aliphatic hydroxyl groups is 1. The fourth-order valence-corrected chi connectivity index (χ4v) is 4.63. The third-order valence-corrected chi connectivity index (χ3v) is 5.70. The summed E-state index contributed by atoms with van der Waals surface area (Å²) in [6, 6.07) is 8.03. The van der Waals surface area contributed by atoms with Crippen molar-refractivity contribution in [1.82, 2.24) is 0 Å². The number of amides is 1. The van der Waals surface area contributed by atoms with Crippen LogP contribution in [0, 0.1) is 6.42 Å². The molecule has 2 aliphatic heterocycles. The van der Waals surface area contributed by atoms with Gasteiger partial charge in [-0.3, -0.25) is 4.79 Å². The Hall–Kier alpha value is -2.08. The minimum Gasteiger partial charge on any atom is -0.497 e. The molecule has 1 saturated heterocycles. The Bertz CT molecular complexity index is 860. The topological polar surface area (TPSA) is 49.8 Å². The smallest absolute Gasteiger partial charge is 0.227 e. The van der Waals surface area contributed by atoms with E-state index >= 15 is 0 Å². The van der Waals surface area contributed by atoms with Crippen molar-refractivity contribution in [3.63, 3.8) is 0 Å². The monoisotopic (exact) mass is 421 g/mol. The van der Waals surface area contributed by atoms with Crippen molar-refractivity contribution < 1.29 is 31.4 Å². The Morgan fingerprint density at radius 2 is 1.93 bits per heavy atom. The van der Waals surface area contributed by atoms with Crippen LogP contribution in [0.4, 0.5) is 5.69 Å². The number of para-hydroxylation sites is 1. The van der Waals surface area contributed by atoms with Crippen LogP contribution in [0.15, 0.2) is 72.1 Å². The second-order valence-electron chi connectivity index (χ2n) is 7.13. The van der Waals surface area contributed by atoms with Crippen LogP contribution in [-0.4, -0.2) is 30.8 Å². The summed E-state index contributed by atoms with van der Waals surface area (Å²) in [6.07, 6.45) is 16.0. The quantitative estimate of drug-likeness (QED) is 0.812. The average Bonchev–Trinajstić information content (AvgIpc) is 3.35. The average molecular weight is 421 g/mol. The van der Waals surface area contributed by atoms with Crippen LogP contribution in [0.1, 0.15) is 24.8 Å². The van der Waals surface area contributed by atoms with Crippen LogP contribution in [0.2, 0.25) is 0 Å². The van der Waals surface area contributed by atoms with Gasteiger partial charge < -0.3 is 14.7 Å². The minimum atomic E-state index is -0.378. The predicted molar refractivity (Wildman–Crippen MR) is 106 cm³/mol. The Morgan fingerprint density at radius 1 is 1.18 bits per heavy atom. The van der Waals surface area contributed by atoms with Gasteiger partial charge in [-0.05, 0) is 42.2 Å². The van der Waals surface area contributed by atoms with E-state index in [4.69, 9.17) is 4.74 Å². The second-order valence-corrected chi connectivity index (χ2v) is 7.13. The van der Waals surface area contributed by atoms with Gasteiger partial charge in [-0.15, -0.1) is 0 Å². The number of benzene rings is 1. The molecule has 5 rings (SSSR count). The van der Waals surface area contributed by atoms with Gasteiger partial charge in [0.05, 0.1) is 13.2 Å². The van der Waals surface area contributed by atoms with Crippen molar-refractivity contribution in [3.8, 4) is 0 Å². The summed E-state index contributed by atoms with van der Waals surface area (Å²) in [7, 11) is 1.67. The van der Waals surface area contributed by atoms with Crippen molar-refractivity contribution in [2.45, 2.75) is 30.7 Å². The van der Waals surface area contributed by atoms with Crippen molar-refractivity contribution in [2.75, 3.05) is 18.6 Å². The molecule has 2 aliphatic carbocycles. The molecule has 0 saturated carbocycles. The molecule has 5 heteroatoms. The molecule has 1 aromatic carbocycles. The van der Waals surface area contributed by atoms with Crippen LogP contribution in [0.3, 0.4) is 0 Å². The van der Waals surface area contributed by atoms with Gasteiger partial charge in [-0.25, -0.2) is 0 Å². The van der Waals surface area contributed by atoms with Gasteiger partial charge in [0.1, 0.15) is 5.76 Å². The molecule has 1 aromatic rings. The summed E-state index contributed by atoms with van der Waals surface area (Å²) >= 11 is 0. The molecule has 2 unspecified atom stereocenters. The number of carbonyl (C=O) groups excluding carboxylic acids is 1. The number of carbonyl (C=O) groups is 1. The predicted octanol–water partition coefficient (Wildman–Crippen LogP) is 3.60. The maximum atomic E-state index is 12.6. The first-order valence-corrected chi connectivity index (χ1v) is 9.37. The van der Waals surface area contributed by atoms with Gasteiger partial charge >= 0.3 is 0 Å². The van der Waals surface area contributed by atoms with Crippen LogP contribution in [0.5, 0.6) is 0 Å². The van der Waals surface area contributed by atoms with Crippen molar-refractivity contribution in [2.24, 2.45) is 0 Å². The number of hydrogen-bond donors (Lipinski definition) is 1. The summed E-state index contributed by atoms with van der Waals surface area (Å²) in [5.41, 5.74) is 2.94. The van der Waals surface area contributed by atoms with E-state index in [2.05, 4.69) is 18.2 Å². The van der Waals surface area contributed by atoms with Gasteiger partial charge in [-0.2, -0.15) is 0 Å². The van der Waals surface area contributed by atoms with E-state index in [-0.39, 0.29) is 40.7 Å². The number of allylic oxidation sites excluding steroid dienone is 5. The largest absolute Gasteiger partial charge is 0.497 e. The Labute approximate surface area is 176 Å². The fraction of sp³-hybridized carbons (Fsp3) is 0.304. The molecule has 0 spiro atoms. The van der Waals surface area contributed by atoms with Gasteiger partial charge in [0.15, 0.2) is 0 Å². The number of hydrogen-bond acceptors (Lipinski definition) is 3. The minimum absolute atomic E-state index is 0. The zero-order chi connectivity index (χ0) is 18.9. The summed E-state index contributed by atoms with van der Waals surface area (Å²) in [5, 5.41) is 9.68. The molecule has 148 valence electrons. The number of rotatable bonds is 3. The summed E-state index contributed by atoms with van der Waals surface area (Å²) < 4.78 is 5.50. The first-order chi connectivity index (χ1) is 13.2. The number of ether oxygens (including phenoxy) is 1. The normalized spacial score (nSPS) is 25.7. The van der Waals surface area contributed by atoms with E-state index < -0.39 is 0 Å². The van der Waals surface area contributed by atoms with Crippen LogP contribution in [0.25, 0.3) is 0 Å². The molecule has 2 heterocycles. The number of anilines is 1. The molecule has 0 bridgehead atoms. The first-order valence-electron chi connectivity index (χ1n) is 9.37. The zero-order valence-electron chi connectivity index (χ0n) is 15.8. The van der Waals surface area contributed by atoms with Gasteiger partial charge in [0, 0.05) is 47.3 Å². The standard InChI is InChI=1S/C18H19NO3.C5H5.Co/c1-22-13-10-12-6-7-16(21)19-15-5-3-2-4-14(15)18(11-13,8-9-20)17(12)19;1-2-4-5-3-1;/h2-5,10-11,17,20H,6-9H2,1H3;1-5H;. The Balaban J connectivity index is 0.000000329. The summed E-state index contributed by atoms with van der Waals surface area (Å²) in [4.78, 5) is 14.5. The van der Waals surface area contributed by atoms with Gasteiger partial charge in [-0.1, -0.05) is 42.5 Å². The van der Waals surface area contributed by atoms with E-state index in [0.29, 0.717) is 12.8 Å². The SMILES string of the molecule is COC1=CC2(CCO)c3ccccc3N3C(=O)CCC(=C1)C32.[CH]1C=CC=C1.[Co]. The first kappa shape index (κ1) is 20.6. The second kappa shape index (κ2) is 8.51. The van der Waals surface area contributed by atoms with Gasteiger partial charge in [0.25, 0.3) is 0 Å². The van der Waals surface area contributed by atoms with E-state index in [9.17, 15) is 9.90 Å². The molecule has 1 fully saturated rings. The number of nitrogens with zero attached hydrogens (tertiary/aromatic N) is 1. The van der Waals surface area contributed by atoms with Crippen molar-refractivity contribution in [3.05, 3.63) is 84.0 Å².